The molecule has 5 nitrogen and oxygen atoms in total. The van der Waals surface area contributed by atoms with Gasteiger partial charge in [0.1, 0.15) is 0 Å². The zero-order valence-electron chi connectivity index (χ0n) is 8.64. The SMILES string of the molecule is CC1CC(N)CNC1c1cnnn1C. The van der Waals surface area contributed by atoms with Gasteiger partial charge in [-0.05, 0) is 12.3 Å². The molecule has 2 heterocycles. The van der Waals surface area contributed by atoms with Crippen LogP contribution >= 0.6 is 0 Å². The van der Waals surface area contributed by atoms with Crippen molar-refractivity contribution in [2.75, 3.05) is 6.54 Å². The van der Waals surface area contributed by atoms with Crippen molar-refractivity contribution in [1.82, 2.24) is 20.3 Å². The molecule has 78 valence electrons. The summed E-state index contributed by atoms with van der Waals surface area (Å²) in [7, 11) is 1.92. The van der Waals surface area contributed by atoms with E-state index in [2.05, 4.69) is 22.6 Å². The zero-order valence-corrected chi connectivity index (χ0v) is 8.64. The minimum atomic E-state index is 0.280. The Morgan fingerprint density at radius 3 is 3.00 bits per heavy atom. The standard InChI is InChI=1S/C9H17N5/c1-6-3-7(10)4-11-9(6)8-5-12-13-14(8)2/h5-7,9,11H,3-4,10H2,1-2H3. The predicted octanol–water partition coefficient (Wildman–Crippen LogP) is -0.187. The average molecular weight is 195 g/mol. The summed E-state index contributed by atoms with van der Waals surface area (Å²) in [4.78, 5) is 0. The van der Waals surface area contributed by atoms with Gasteiger partial charge < -0.3 is 11.1 Å². The lowest BCUT2D eigenvalue weighted by molar-refractivity contribution is 0.268. The topological polar surface area (TPSA) is 68.8 Å². The van der Waals surface area contributed by atoms with E-state index in [4.69, 9.17) is 5.73 Å². The van der Waals surface area contributed by atoms with E-state index in [-0.39, 0.29) is 6.04 Å². The molecule has 0 saturated carbocycles. The molecule has 1 aromatic heterocycles. The Labute approximate surface area is 83.7 Å². The highest BCUT2D eigenvalue weighted by Gasteiger charge is 2.28. The molecule has 3 atom stereocenters. The molecule has 0 amide bonds. The van der Waals surface area contributed by atoms with Crippen LogP contribution in [0.1, 0.15) is 25.1 Å². The van der Waals surface area contributed by atoms with Crippen molar-refractivity contribution >= 4 is 0 Å². The molecule has 0 radical (unpaired) electrons. The van der Waals surface area contributed by atoms with Gasteiger partial charge in [-0.25, -0.2) is 0 Å². The third kappa shape index (κ3) is 1.65. The second-order valence-electron chi connectivity index (χ2n) is 4.14. The van der Waals surface area contributed by atoms with Crippen LogP contribution in [0.25, 0.3) is 0 Å². The average Bonchev–Trinajstić information content (AvgIpc) is 2.52. The number of nitrogens with one attached hydrogen (secondary N) is 1. The van der Waals surface area contributed by atoms with Crippen LogP contribution in [-0.4, -0.2) is 27.6 Å². The fourth-order valence-corrected chi connectivity index (χ4v) is 2.15. The van der Waals surface area contributed by atoms with E-state index in [9.17, 15) is 0 Å². The summed E-state index contributed by atoms with van der Waals surface area (Å²) in [5.74, 6) is 0.538. The number of aryl methyl sites for hydroxylation is 1. The highest BCUT2D eigenvalue weighted by atomic mass is 15.4. The van der Waals surface area contributed by atoms with Gasteiger partial charge in [-0.2, -0.15) is 0 Å². The second kappa shape index (κ2) is 3.67. The Balaban J connectivity index is 2.15. The summed E-state index contributed by atoms with van der Waals surface area (Å²) in [6.45, 7) is 3.09. The summed E-state index contributed by atoms with van der Waals surface area (Å²) in [6.07, 6.45) is 2.88. The number of nitrogens with two attached hydrogens (primary N) is 1. The van der Waals surface area contributed by atoms with Crippen LogP contribution in [0.15, 0.2) is 6.20 Å². The first-order chi connectivity index (χ1) is 6.68. The normalized spacial score (nSPS) is 33.2. The molecule has 3 N–H and O–H groups in total. The van der Waals surface area contributed by atoms with Gasteiger partial charge in [-0.3, -0.25) is 4.68 Å². The zero-order chi connectivity index (χ0) is 10.1. The number of hydrogen-bond donors (Lipinski definition) is 2. The maximum atomic E-state index is 5.88. The lowest BCUT2D eigenvalue weighted by Crippen LogP contribution is -2.45. The summed E-state index contributed by atoms with van der Waals surface area (Å²) < 4.78 is 1.82. The van der Waals surface area contributed by atoms with Gasteiger partial charge in [0.25, 0.3) is 0 Å². The second-order valence-corrected chi connectivity index (χ2v) is 4.14. The molecule has 0 aromatic carbocycles. The molecule has 1 aliphatic heterocycles. The third-order valence-corrected chi connectivity index (χ3v) is 2.91. The quantitative estimate of drug-likeness (QED) is 0.652. The maximum absolute atomic E-state index is 5.88. The molecule has 2 rings (SSSR count). The molecule has 14 heavy (non-hydrogen) atoms. The predicted molar refractivity (Wildman–Crippen MR) is 53.5 cm³/mol. The minimum absolute atomic E-state index is 0.280. The molecule has 1 aromatic rings. The van der Waals surface area contributed by atoms with E-state index in [1.807, 2.05) is 17.9 Å². The molecule has 1 aliphatic rings. The van der Waals surface area contributed by atoms with Gasteiger partial charge in [0.05, 0.1) is 17.9 Å². The van der Waals surface area contributed by atoms with Crippen molar-refractivity contribution in [2.45, 2.75) is 25.4 Å². The number of rotatable bonds is 1. The fourth-order valence-electron chi connectivity index (χ4n) is 2.15. The van der Waals surface area contributed by atoms with Crippen LogP contribution in [-0.2, 0) is 7.05 Å². The summed E-state index contributed by atoms with van der Waals surface area (Å²) in [6, 6.07) is 0.622. The largest absolute Gasteiger partial charge is 0.327 e. The van der Waals surface area contributed by atoms with Crippen LogP contribution in [0.4, 0.5) is 0 Å². The van der Waals surface area contributed by atoms with Crippen LogP contribution in [0.2, 0.25) is 0 Å². The van der Waals surface area contributed by atoms with Crippen molar-refractivity contribution in [3.8, 4) is 0 Å². The van der Waals surface area contributed by atoms with Crippen molar-refractivity contribution < 1.29 is 0 Å². The monoisotopic (exact) mass is 195 g/mol. The summed E-state index contributed by atoms with van der Waals surface area (Å²) in [5, 5.41) is 11.3. The molecule has 3 unspecified atom stereocenters. The Morgan fingerprint density at radius 1 is 1.64 bits per heavy atom. The first kappa shape index (κ1) is 9.61. The number of piperidine rings is 1. The Kier molecular flexibility index (Phi) is 2.52. The van der Waals surface area contributed by atoms with Crippen LogP contribution < -0.4 is 11.1 Å². The van der Waals surface area contributed by atoms with E-state index >= 15 is 0 Å². The minimum Gasteiger partial charge on any atom is -0.327 e. The highest BCUT2D eigenvalue weighted by molar-refractivity contribution is 5.05. The van der Waals surface area contributed by atoms with Crippen LogP contribution in [0.5, 0.6) is 0 Å². The Bertz CT molecular complexity index is 308. The first-order valence-corrected chi connectivity index (χ1v) is 5.02. The molecule has 0 aliphatic carbocycles. The van der Waals surface area contributed by atoms with E-state index < -0.39 is 0 Å². The fraction of sp³-hybridized carbons (Fsp3) is 0.778. The molecular weight excluding hydrogens is 178 g/mol. The molecule has 1 fully saturated rings. The molecule has 1 saturated heterocycles. The molecular formula is C9H17N5. The third-order valence-electron chi connectivity index (χ3n) is 2.91. The summed E-state index contributed by atoms with van der Waals surface area (Å²) in [5.41, 5.74) is 7.02. The molecule has 0 bridgehead atoms. The number of nitrogens with zero attached hydrogens (tertiary/aromatic N) is 3. The van der Waals surface area contributed by atoms with Gasteiger partial charge in [-0.1, -0.05) is 12.1 Å². The molecule has 0 spiro atoms. The molecule has 5 heteroatoms. The van der Waals surface area contributed by atoms with Gasteiger partial charge in [0, 0.05) is 19.6 Å². The Morgan fingerprint density at radius 2 is 2.43 bits per heavy atom. The number of hydrogen-bond acceptors (Lipinski definition) is 4. The van der Waals surface area contributed by atoms with Gasteiger partial charge in [0.15, 0.2) is 0 Å². The lowest BCUT2D eigenvalue weighted by Gasteiger charge is -2.33. The highest BCUT2D eigenvalue weighted by Crippen LogP contribution is 2.27. The van der Waals surface area contributed by atoms with Crippen LogP contribution in [0, 0.1) is 5.92 Å². The maximum Gasteiger partial charge on any atom is 0.0755 e. The van der Waals surface area contributed by atoms with Gasteiger partial charge in [0.2, 0.25) is 0 Å². The van der Waals surface area contributed by atoms with E-state index in [1.165, 1.54) is 0 Å². The smallest absolute Gasteiger partial charge is 0.0755 e. The Hall–Kier alpha value is -0.940. The van der Waals surface area contributed by atoms with Crippen molar-refractivity contribution in [2.24, 2.45) is 18.7 Å². The lowest BCUT2D eigenvalue weighted by atomic mass is 9.88. The van der Waals surface area contributed by atoms with Crippen molar-refractivity contribution in [3.63, 3.8) is 0 Å². The first-order valence-electron chi connectivity index (χ1n) is 5.02. The van der Waals surface area contributed by atoms with Crippen molar-refractivity contribution in [1.29, 1.82) is 0 Å². The van der Waals surface area contributed by atoms with Gasteiger partial charge in [-0.15, -0.1) is 5.10 Å². The number of aromatic nitrogens is 3. The van der Waals surface area contributed by atoms with E-state index in [1.54, 1.807) is 0 Å². The van der Waals surface area contributed by atoms with E-state index in [0.717, 1.165) is 18.7 Å². The van der Waals surface area contributed by atoms with Crippen LogP contribution in [0.3, 0.4) is 0 Å². The summed E-state index contributed by atoms with van der Waals surface area (Å²) >= 11 is 0. The van der Waals surface area contributed by atoms with E-state index in [0.29, 0.717) is 12.0 Å². The van der Waals surface area contributed by atoms with Crippen molar-refractivity contribution in [3.05, 3.63) is 11.9 Å². The van der Waals surface area contributed by atoms with Gasteiger partial charge >= 0.3 is 0 Å².